The number of aliphatic hydroxyl groups is 2. The second-order valence-electron chi connectivity index (χ2n) is 9.69. The number of ether oxygens (including phenoxy) is 3. The monoisotopic (exact) mass is 493 g/mol. The summed E-state index contributed by atoms with van der Waals surface area (Å²) in [6, 6.07) is 13.8. The molecular formula is C28H35N3O5. The van der Waals surface area contributed by atoms with Crippen LogP contribution in [0.3, 0.4) is 0 Å². The number of benzene rings is 2. The number of pyridine rings is 1. The Morgan fingerprint density at radius 1 is 1.11 bits per heavy atom. The summed E-state index contributed by atoms with van der Waals surface area (Å²) in [5.74, 6) is 2.27. The van der Waals surface area contributed by atoms with E-state index >= 15 is 0 Å². The molecule has 0 saturated carbocycles. The fourth-order valence-corrected chi connectivity index (χ4v) is 5.28. The van der Waals surface area contributed by atoms with Crippen molar-refractivity contribution in [3.05, 3.63) is 59.8 Å². The third kappa shape index (κ3) is 5.42. The molecule has 1 saturated heterocycles. The first-order valence-corrected chi connectivity index (χ1v) is 12.7. The second-order valence-corrected chi connectivity index (χ2v) is 9.69. The van der Waals surface area contributed by atoms with Gasteiger partial charge in [0.1, 0.15) is 19.0 Å². The Hall–Kier alpha value is -2.91. The molecular weight excluding hydrogens is 458 g/mol. The zero-order valence-corrected chi connectivity index (χ0v) is 20.8. The molecule has 3 heterocycles. The number of nitrogens with zero attached hydrogens (tertiary/aromatic N) is 2. The largest absolute Gasteiger partial charge is 0.495 e. The van der Waals surface area contributed by atoms with Gasteiger partial charge in [0.2, 0.25) is 0 Å². The third-order valence-corrected chi connectivity index (χ3v) is 7.44. The molecule has 8 nitrogen and oxygen atoms in total. The highest BCUT2D eigenvalue weighted by Crippen LogP contribution is 2.33. The number of fused-ring (bicyclic) bond motifs is 2. The Morgan fingerprint density at radius 2 is 1.92 bits per heavy atom. The van der Waals surface area contributed by atoms with E-state index in [4.69, 9.17) is 14.2 Å². The van der Waals surface area contributed by atoms with E-state index in [1.165, 1.54) is 0 Å². The molecule has 5 rings (SSSR count). The third-order valence-electron chi connectivity index (χ3n) is 7.44. The van der Waals surface area contributed by atoms with Crippen molar-refractivity contribution in [1.29, 1.82) is 0 Å². The summed E-state index contributed by atoms with van der Waals surface area (Å²) in [6.45, 7) is 4.23. The molecule has 0 aliphatic carbocycles. The van der Waals surface area contributed by atoms with Crippen LogP contribution in [0.1, 0.15) is 36.5 Å². The van der Waals surface area contributed by atoms with E-state index in [2.05, 4.69) is 21.3 Å². The molecule has 1 aromatic heterocycles. The molecule has 3 aromatic rings. The van der Waals surface area contributed by atoms with Crippen molar-refractivity contribution in [2.24, 2.45) is 0 Å². The van der Waals surface area contributed by atoms with Crippen LogP contribution in [-0.2, 0) is 6.54 Å². The number of aromatic nitrogens is 1. The topological polar surface area (TPSA) is 96.3 Å². The lowest BCUT2D eigenvalue weighted by atomic mass is 9.84. The number of likely N-dealkylation sites (tertiary alicyclic amines) is 1. The quantitative estimate of drug-likeness (QED) is 0.419. The minimum absolute atomic E-state index is 0.139. The van der Waals surface area contributed by atoms with Crippen molar-refractivity contribution < 1.29 is 24.4 Å². The van der Waals surface area contributed by atoms with Gasteiger partial charge in [0, 0.05) is 43.7 Å². The lowest BCUT2D eigenvalue weighted by Crippen LogP contribution is -2.54. The first-order valence-electron chi connectivity index (χ1n) is 12.7. The standard InChI is InChI=1S/C28H35N3O5/c1-34-21-16-23-22(3-2-4-24(23)29-18-21)25(33)19-31-10-7-28(8-11-31,9-12-32)30-17-20-5-6-26-27(15-20)36-14-13-35-26/h2-6,15-16,18,25,30,32-33H,7-14,17,19H2,1H3. The lowest BCUT2D eigenvalue weighted by molar-refractivity contribution is 0.0636. The number of piperidine rings is 1. The summed E-state index contributed by atoms with van der Waals surface area (Å²) in [7, 11) is 1.62. The van der Waals surface area contributed by atoms with Gasteiger partial charge >= 0.3 is 0 Å². The summed E-state index contributed by atoms with van der Waals surface area (Å²) < 4.78 is 16.7. The fraction of sp³-hybridized carbons (Fsp3) is 0.464. The Labute approximate surface area is 211 Å². The van der Waals surface area contributed by atoms with E-state index in [1.807, 2.05) is 36.4 Å². The second kappa shape index (κ2) is 11.0. The van der Waals surface area contributed by atoms with Gasteiger partial charge in [-0.3, -0.25) is 4.98 Å². The van der Waals surface area contributed by atoms with Crippen molar-refractivity contribution in [1.82, 2.24) is 15.2 Å². The summed E-state index contributed by atoms with van der Waals surface area (Å²) in [5.41, 5.74) is 2.70. The normalized spacial score (nSPS) is 18.2. The Kier molecular flexibility index (Phi) is 7.57. The summed E-state index contributed by atoms with van der Waals surface area (Å²) in [6.07, 6.45) is 3.56. The molecule has 2 aliphatic rings. The van der Waals surface area contributed by atoms with Crippen molar-refractivity contribution >= 4 is 10.9 Å². The molecule has 0 spiro atoms. The molecule has 36 heavy (non-hydrogen) atoms. The number of hydrogen-bond donors (Lipinski definition) is 3. The van der Waals surface area contributed by atoms with Gasteiger partial charge in [-0.1, -0.05) is 18.2 Å². The van der Waals surface area contributed by atoms with Crippen LogP contribution < -0.4 is 19.5 Å². The van der Waals surface area contributed by atoms with Gasteiger partial charge < -0.3 is 34.6 Å². The molecule has 2 aromatic carbocycles. The van der Waals surface area contributed by atoms with E-state index in [9.17, 15) is 10.2 Å². The number of rotatable bonds is 9. The zero-order valence-electron chi connectivity index (χ0n) is 20.8. The number of nitrogens with one attached hydrogen (secondary N) is 1. The van der Waals surface area contributed by atoms with E-state index in [0.29, 0.717) is 38.5 Å². The summed E-state index contributed by atoms with van der Waals surface area (Å²) in [4.78, 5) is 6.76. The van der Waals surface area contributed by atoms with Crippen LogP contribution in [0.25, 0.3) is 10.9 Å². The average molecular weight is 494 g/mol. The van der Waals surface area contributed by atoms with Gasteiger partial charge in [-0.2, -0.15) is 0 Å². The van der Waals surface area contributed by atoms with E-state index in [0.717, 1.165) is 59.5 Å². The number of aliphatic hydroxyl groups excluding tert-OH is 2. The molecule has 1 fully saturated rings. The molecule has 0 radical (unpaired) electrons. The maximum absolute atomic E-state index is 11.1. The van der Waals surface area contributed by atoms with Crippen LogP contribution in [0.15, 0.2) is 48.7 Å². The van der Waals surface area contributed by atoms with Crippen molar-refractivity contribution in [3.8, 4) is 17.2 Å². The Bertz CT molecular complexity index is 1180. The average Bonchev–Trinajstić information content (AvgIpc) is 2.92. The highest BCUT2D eigenvalue weighted by molar-refractivity contribution is 5.83. The fourth-order valence-electron chi connectivity index (χ4n) is 5.28. The number of methoxy groups -OCH3 is 1. The number of hydrogen-bond acceptors (Lipinski definition) is 8. The lowest BCUT2D eigenvalue weighted by Gasteiger charge is -2.43. The summed E-state index contributed by atoms with van der Waals surface area (Å²) >= 11 is 0. The Morgan fingerprint density at radius 3 is 2.69 bits per heavy atom. The molecule has 3 N–H and O–H groups in total. The molecule has 192 valence electrons. The number of β-amino-alcohol motifs (C(OH)–C–C–N with tert-alkyl or cyclic N) is 1. The smallest absolute Gasteiger partial charge is 0.161 e. The molecule has 8 heteroatoms. The van der Waals surface area contributed by atoms with Gasteiger partial charge in [0.05, 0.1) is 24.9 Å². The van der Waals surface area contributed by atoms with Crippen LogP contribution in [0.4, 0.5) is 0 Å². The molecule has 2 aliphatic heterocycles. The predicted molar refractivity (Wildman–Crippen MR) is 138 cm³/mol. The maximum atomic E-state index is 11.1. The minimum atomic E-state index is -0.626. The molecule has 1 atom stereocenters. The van der Waals surface area contributed by atoms with Crippen LogP contribution in [-0.4, -0.2) is 72.2 Å². The zero-order chi connectivity index (χ0) is 25.0. The maximum Gasteiger partial charge on any atom is 0.161 e. The highest BCUT2D eigenvalue weighted by atomic mass is 16.6. The molecule has 0 bridgehead atoms. The van der Waals surface area contributed by atoms with Crippen LogP contribution in [0.2, 0.25) is 0 Å². The van der Waals surface area contributed by atoms with Crippen LogP contribution >= 0.6 is 0 Å². The molecule has 0 amide bonds. The first kappa shape index (κ1) is 24.8. The van der Waals surface area contributed by atoms with Gasteiger partial charge in [0.15, 0.2) is 11.5 Å². The summed E-state index contributed by atoms with van der Waals surface area (Å²) in [5, 5.41) is 25.6. The van der Waals surface area contributed by atoms with Gasteiger partial charge in [-0.05, 0) is 54.7 Å². The minimum Gasteiger partial charge on any atom is -0.495 e. The molecule has 1 unspecified atom stereocenters. The SMILES string of the molecule is COc1cnc2cccc(C(O)CN3CCC(CCO)(NCc4ccc5c(c4)OCCO5)CC3)c2c1. The van der Waals surface area contributed by atoms with Crippen molar-refractivity contribution in [2.75, 3.05) is 46.6 Å². The van der Waals surface area contributed by atoms with Gasteiger partial charge in [0.25, 0.3) is 0 Å². The van der Waals surface area contributed by atoms with Gasteiger partial charge in [-0.25, -0.2) is 0 Å². The highest BCUT2D eigenvalue weighted by Gasteiger charge is 2.34. The predicted octanol–water partition coefficient (Wildman–Crippen LogP) is 3.05. The van der Waals surface area contributed by atoms with Crippen LogP contribution in [0.5, 0.6) is 17.2 Å². The first-order chi connectivity index (χ1) is 17.6. The Balaban J connectivity index is 1.21. The van der Waals surface area contributed by atoms with Crippen molar-refractivity contribution in [3.63, 3.8) is 0 Å². The van der Waals surface area contributed by atoms with E-state index < -0.39 is 6.10 Å². The van der Waals surface area contributed by atoms with Crippen LogP contribution in [0, 0.1) is 0 Å². The van der Waals surface area contributed by atoms with Crippen molar-refractivity contribution in [2.45, 2.75) is 37.5 Å². The van der Waals surface area contributed by atoms with Gasteiger partial charge in [-0.15, -0.1) is 0 Å². The van der Waals surface area contributed by atoms with E-state index in [1.54, 1.807) is 13.3 Å². The van der Waals surface area contributed by atoms with E-state index in [-0.39, 0.29) is 12.1 Å².